The Bertz CT molecular complexity index is 1160. The Morgan fingerprint density at radius 3 is 2.76 bits per heavy atom. The Labute approximate surface area is 185 Å². The minimum absolute atomic E-state index is 0.0110. The molecule has 5 rings (SSSR count). The van der Waals surface area contributed by atoms with Crippen molar-refractivity contribution in [3.63, 3.8) is 0 Å². The zero-order valence-electron chi connectivity index (χ0n) is 17.1. The Kier molecular flexibility index (Phi) is 5.18. The van der Waals surface area contributed by atoms with Crippen molar-refractivity contribution in [2.75, 3.05) is 18.4 Å². The average molecular weight is 462 g/mol. The molecule has 1 N–H and O–H groups in total. The number of fused-ring (bicyclic) bond motifs is 3. The van der Waals surface area contributed by atoms with Gasteiger partial charge < -0.3 is 19.9 Å². The summed E-state index contributed by atoms with van der Waals surface area (Å²) < 4.78 is 56.7. The van der Waals surface area contributed by atoms with Crippen LogP contribution in [0.15, 0.2) is 36.5 Å². The summed E-state index contributed by atoms with van der Waals surface area (Å²) >= 11 is 0. The molecule has 1 aromatic carbocycles. The lowest BCUT2D eigenvalue weighted by atomic mass is 10.0. The van der Waals surface area contributed by atoms with Crippen LogP contribution < -0.4 is 10.1 Å². The van der Waals surface area contributed by atoms with Crippen LogP contribution >= 0.6 is 0 Å². The molecule has 11 heteroatoms. The Balaban J connectivity index is 1.29. The fourth-order valence-corrected chi connectivity index (χ4v) is 4.63. The molecule has 3 aliphatic rings. The van der Waals surface area contributed by atoms with Crippen molar-refractivity contribution in [2.45, 2.75) is 25.6 Å². The van der Waals surface area contributed by atoms with Gasteiger partial charge >= 0.3 is 12.6 Å². The van der Waals surface area contributed by atoms with Crippen LogP contribution in [0.4, 0.5) is 28.0 Å². The van der Waals surface area contributed by atoms with E-state index in [4.69, 9.17) is 0 Å². The van der Waals surface area contributed by atoms with Crippen molar-refractivity contribution in [3.05, 3.63) is 59.3 Å². The number of carbonyl (C=O) groups is 2. The van der Waals surface area contributed by atoms with E-state index in [1.54, 1.807) is 11.0 Å². The van der Waals surface area contributed by atoms with Gasteiger partial charge in [0.1, 0.15) is 6.54 Å². The van der Waals surface area contributed by atoms with Gasteiger partial charge in [-0.3, -0.25) is 4.79 Å². The third-order valence-electron chi connectivity index (χ3n) is 6.11. The molecule has 2 atom stereocenters. The first-order valence-corrected chi connectivity index (χ1v) is 10.3. The summed E-state index contributed by atoms with van der Waals surface area (Å²) in [7, 11) is 0. The highest BCUT2D eigenvalue weighted by molar-refractivity contribution is 5.95. The average Bonchev–Trinajstić information content (AvgIpc) is 3.39. The van der Waals surface area contributed by atoms with E-state index in [9.17, 15) is 27.2 Å². The minimum Gasteiger partial charge on any atom is -0.417 e. The zero-order valence-corrected chi connectivity index (χ0v) is 17.1. The molecule has 0 spiro atoms. The number of nitrogens with one attached hydrogen (secondary N) is 1. The number of nitrogens with zero attached hydrogens (tertiary/aromatic N) is 3. The van der Waals surface area contributed by atoms with Crippen LogP contribution in [0, 0.1) is 17.6 Å². The first kappa shape index (κ1) is 21.2. The molecule has 2 aliphatic heterocycles. The van der Waals surface area contributed by atoms with Crippen molar-refractivity contribution in [1.29, 1.82) is 0 Å². The summed E-state index contributed by atoms with van der Waals surface area (Å²) in [4.78, 5) is 32.1. The van der Waals surface area contributed by atoms with Gasteiger partial charge in [0.15, 0.2) is 11.6 Å². The van der Waals surface area contributed by atoms with Crippen molar-refractivity contribution in [1.82, 2.24) is 14.8 Å². The third-order valence-corrected chi connectivity index (χ3v) is 6.11. The smallest absolute Gasteiger partial charge is 0.388 e. The molecule has 0 saturated carbocycles. The molecule has 2 aromatic rings. The summed E-state index contributed by atoms with van der Waals surface area (Å²) in [5.74, 6) is -2.49. The highest BCUT2D eigenvalue weighted by atomic mass is 19.3. The van der Waals surface area contributed by atoms with E-state index < -0.39 is 24.3 Å². The van der Waals surface area contributed by atoms with Crippen LogP contribution in [-0.4, -0.2) is 52.5 Å². The maximum absolute atomic E-state index is 14.2. The molecule has 1 aromatic heterocycles. The molecule has 7 nitrogen and oxygen atoms in total. The molecular formula is C22H18F4N4O3. The van der Waals surface area contributed by atoms with E-state index in [1.165, 1.54) is 18.3 Å². The number of ether oxygens (including phenoxy) is 1. The lowest BCUT2D eigenvalue weighted by Gasteiger charge is -2.33. The number of aromatic nitrogens is 1. The van der Waals surface area contributed by atoms with E-state index in [1.807, 2.05) is 6.08 Å². The molecule has 0 radical (unpaired) electrons. The molecule has 3 heterocycles. The second-order valence-corrected chi connectivity index (χ2v) is 8.12. The molecule has 1 aliphatic carbocycles. The first-order chi connectivity index (χ1) is 15.8. The summed E-state index contributed by atoms with van der Waals surface area (Å²) in [6, 6.07) is 4.34. The summed E-state index contributed by atoms with van der Waals surface area (Å²) in [6.07, 6.45) is 4.14. The molecule has 2 bridgehead atoms. The fourth-order valence-electron chi connectivity index (χ4n) is 4.63. The van der Waals surface area contributed by atoms with Crippen molar-refractivity contribution in [2.24, 2.45) is 5.92 Å². The number of amides is 3. The van der Waals surface area contributed by atoms with Crippen LogP contribution in [0.5, 0.6) is 5.88 Å². The summed E-state index contributed by atoms with van der Waals surface area (Å²) in [5.41, 5.74) is 1.70. The summed E-state index contributed by atoms with van der Waals surface area (Å²) in [6.45, 7) is -3.02. The molecule has 33 heavy (non-hydrogen) atoms. The van der Waals surface area contributed by atoms with Crippen LogP contribution in [-0.2, 0) is 11.3 Å². The van der Waals surface area contributed by atoms with Gasteiger partial charge in [0.05, 0.1) is 18.3 Å². The number of halogens is 4. The Morgan fingerprint density at radius 1 is 1.24 bits per heavy atom. The van der Waals surface area contributed by atoms with E-state index in [2.05, 4.69) is 15.0 Å². The zero-order chi connectivity index (χ0) is 23.3. The number of anilines is 1. The first-order valence-electron chi connectivity index (χ1n) is 10.3. The van der Waals surface area contributed by atoms with E-state index in [0.717, 1.165) is 16.5 Å². The number of urea groups is 1. The van der Waals surface area contributed by atoms with Crippen molar-refractivity contribution < 1.29 is 31.9 Å². The van der Waals surface area contributed by atoms with Gasteiger partial charge in [-0.05, 0) is 41.7 Å². The molecular weight excluding hydrogens is 444 g/mol. The number of hydrogen-bond acceptors (Lipinski definition) is 4. The number of benzene rings is 1. The highest BCUT2D eigenvalue weighted by Gasteiger charge is 2.42. The van der Waals surface area contributed by atoms with E-state index in [-0.39, 0.29) is 48.1 Å². The van der Waals surface area contributed by atoms with Crippen molar-refractivity contribution in [3.8, 4) is 5.88 Å². The van der Waals surface area contributed by atoms with E-state index >= 15 is 0 Å². The largest absolute Gasteiger partial charge is 0.417 e. The summed E-state index contributed by atoms with van der Waals surface area (Å²) in [5, 5.41) is 2.49. The standard InChI is InChI=1S/C22H18F4N4O3/c23-15-2-3-16-14(20(15)24)9-29(22(32)28-16)10-19(31)30-8-11-5-13(17(30)6-11)12-1-4-18(27-7-12)33-21(25)26/h1-5,7,11,17,21H,6,8-10H2,(H,28,32)/t11-,17?/m1/s1. The SMILES string of the molecule is O=C1Nc2ccc(F)c(F)c2CN1CC(=O)N1C[C@@H]2C=C(c3ccc(OC(F)F)nc3)C1C2. The number of alkyl halides is 2. The molecule has 1 unspecified atom stereocenters. The van der Waals surface area contributed by atoms with Gasteiger partial charge in [-0.15, -0.1) is 0 Å². The second-order valence-electron chi connectivity index (χ2n) is 8.12. The maximum Gasteiger partial charge on any atom is 0.388 e. The van der Waals surface area contributed by atoms with Gasteiger partial charge in [0.25, 0.3) is 0 Å². The number of likely N-dealkylation sites (tertiary alicyclic amines) is 1. The molecule has 1 fully saturated rings. The predicted molar refractivity (Wildman–Crippen MR) is 108 cm³/mol. The van der Waals surface area contributed by atoms with Gasteiger partial charge in [-0.1, -0.05) is 6.08 Å². The topological polar surface area (TPSA) is 74.8 Å². The van der Waals surface area contributed by atoms with Gasteiger partial charge in [-0.25, -0.2) is 18.6 Å². The van der Waals surface area contributed by atoms with Crippen LogP contribution in [0.2, 0.25) is 0 Å². The number of pyridine rings is 1. The lowest BCUT2D eigenvalue weighted by molar-refractivity contribution is -0.132. The molecule has 1 saturated heterocycles. The molecule has 172 valence electrons. The lowest BCUT2D eigenvalue weighted by Crippen LogP contribution is -2.48. The number of rotatable bonds is 5. The number of hydrogen-bond donors (Lipinski definition) is 1. The van der Waals surface area contributed by atoms with Crippen LogP contribution in [0.25, 0.3) is 5.57 Å². The van der Waals surface area contributed by atoms with E-state index in [0.29, 0.717) is 18.5 Å². The number of carbonyl (C=O) groups excluding carboxylic acids is 2. The van der Waals surface area contributed by atoms with Gasteiger partial charge in [0.2, 0.25) is 11.8 Å². The van der Waals surface area contributed by atoms with Gasteiger partial charge in [0, 0.05) is 24.4 Å². The third kappa shape index (κ3) is 3.87. The Morgan fingerprint density at radius 2 is 2.06 bits per heavy atom. The highest BCUT2D eigenvalue weighted by Crippen LogP contribution is 2.42. The van der Waals surface area contributed by atoms with Crippen LogP contribution in [0.3, 0.4) is 0 Å². The second kappa shape index (κ2) is 8.05. The van der Waals surface area contributed by atoms with Gasteiger partial charge in [-0.2, -0.15) is 8.78 Å². The fraction of sp³-hybridized carbons (Fsp3) is 0.318. The van der Waals surface area contributed by atoms with Crippen LogP contribution in [0.1, 0.15) is 17.5 Å². The normalized spacial score (nSPS) is 21.2. The quantitative estimate of drug-likeness (QED) is 0.689. The minimum atomic E-state index is -2.97. The monoisotopic (exact) mass is 462 g/mol. The maximum atomic E-state index is 14.2. The Hall–Kier alpha value is -3.63. The van der Waals surface area contributed by atoms with Crippen molar-refractivity contribution >= 4 is 23.2 Å². The predicted octanol–water partition coefficient (Wildman–Crippen LogP) is 3.62. The molecule has 3 amide bonds.